The van der Waals surface area contributed by atoms with Crippen molar-refractivity contribution in [3.8, 4) is 66.8 Å². The number of fused-ring (bicyclic) bond motifs is 6. The van der Waals surface area contributed by atoms with Crippen LogP contribution in [0.2, 0.25) is 0 Å². The summed E-state index contributed by atoms with van der Waals surface area (Å²) in [5, 5.41) is 2.62. The van der Waals surface area contributed by atoms with Crippen LogP contribution in [0, 0.1) is 0 Å². The van der Waals surface area contributed by atoms with E-state index in [9.17, 15) is 0 Å². The third-order valence-corrected chi connectivity index (χ3v) is 14.7. The lowest BCUT2D eigenvalue weighted by Gasteiger charge is -2.26. The topological polar surface area (TPSA) is 3.24 Å². The molecule has 65 heavy (non-hydrogen) atoms. The van der Waals surface area contributed by atoms with Crippen molar-refractivity contribution in [3.63, 3.8) is 0 Å². The van der Waals surface area contributed by atoms with Crippen LogP contribution in [0.1, 0.15) is 25.0 Å². The first kappa shape index (κ1) is 38.9. The fraction of sp³-hybridized carbons (Fsp3) is 0.0476. The largest absolute Gasteiger partial charge is 0.311 e. The lowest BCUT2D eigenvalue weighted by atomic mass is 9.81. The maximum Gasteiger partial charge on any atom is 0.0462 e. The van der Waals surface area contributed by atoms with Gasteiger partial charge in [0, 0.05) is 42.6 Å². The van der Waals surface area contributed by atoms with Crippen LogP contribution < -0.4 is 4.90 Å². The van der Waals surface area contributed by atoms with E-state index in [0.29, 0.717) is 0 Å². The number of rotatable bonds is 8. The second-order valence-corrected chi connectivity index (χ2v) is 18.8. The van der Waals surface area contributed by atoms with Crippen molar-refractivity contribution < 1.29 is 0 Å². The molecule has 0 radical (unpaired) electrons. The molecule has 0 bridgehead atoms. The zero-order valence-corrected chi connectivity index (χ0v) is 37.2. The summed E-state index contributed by atoms with van der Waals surface area (Å²) in [5.41, 5.74) is 21.0. The molecular formula is C63H45NS. The second-order valence-electron chi connectivity index (χ2n) is 17.7. The molecule has 0 atom stereocenters. The van der Waals surface area contributed by atoms with Crippen LogP contribution in [-0.4, -0.2) is 0 Å². The Bertz CT molecular complexity index is 3510. The number of nitrogens with zero attached hydrogens (tertiary/aromatic N) is 1. The molecule has 1 heterocycles. The summed E-state index contributed by atoms with van der Waals surface area (Å²) in [6.07, 6.45) is 0. The fourth-order valence-electron chi connectivity index (χ4n) is 10.2. The quantitative estimate of drug-likeness (QED) is 0.147. The van der Waals surface area contributed by atoms with Gasteiger partial charge in [-0.2, -0.15) is 0 Å². The van der Waals surface area contributed by atoms with E-state index in [4.69, 9.17) is 0 Å². The number of benzene rings is 10. The van der Waals surface area contributed by atoms with Gasteiger partial charge in [0.15, 0.2) is 0 Å². The molecule has 11 aromatic rings. The van der Waals surface area contributed by atoms with E-state index in [1.165, 1.54) is 98.1 Å². The Hall–Kier alpha value is -7.78. The molecule has 1 aromatic heterocycles. The normalized spacial score (nSPS) is 12.6. The third kappa shape index (κ3) is 6.77. The number of hydrogen-bond acceptors (Lipinski definition) is 2. The smallest absolute Gasteiger partial charge is 0.0462 e. The van der Waals surface area contributed by atoms with Crippen molar-refractivity contribution in [1.82, 2.24) is 0 Å². The van der Waals surface area contributed by atoms with Crippen molar-refractivity contribution in [2.45, 2.75) is 19.3 Å². The molecule has 0 N–H and O–H groups in total. The fourth-order valence-corrected chi connectivity index (χ4v) is 11.3. The number of anilines is 3. The Balaban J connectivity index is 0.931. The van der Waals surface area contributed by atoms with Crippen LogP contribution in [-0.2, 0) is 5.41 Å². The molecule has 0 fully saturated rings. The van der Waals surface area contributed by atoms with Gasteiger partial charge in [0.05, 0.1) is 0 Å². The Morgan fingerprint density at radius 3 is 1.38 bits per heavy atom. The first-order chi connectivity index (χ1) is 32.0. The summed E-state index contributed by atoms with van der Waals surface area (Å²) in [5.74, 6) is 0. The van der Waals surface area contributed by atoms with Gasteiger partial charge in [-0.1, -0.05) is 190 Å². The van der Waals surface area contributed by atoms with Crippen molar-refractivity contribution in [2.75, 3.05) is 4.90 Å². The van der Waals surface area contributed by atoms with Crippen LogP contribution in [0.3, 0.4) is 0 Å². The number of hydrogen-bond donors (Lipinski definition) is 0. The van der Waals surface area contributed by atoms with Gasteiger partial charge in [-0.15, -0.1) is 11.3 Å². The minimum Gasteiger partial charge on any atom is -0.311 e. The molecule has 1 aliphatic rings. The maximum absolute atomic E-state index is 2.41. The average Bonchev–Trinajstić information content (AvgIpc) is 3.86. The molecule has 0 saturated carbocycles. The van der Waals surface area contributed by atoms with Gasteiger partial charge in [-0.25, -0.2) is 0 Å². The summed E-state index contributed by atoms with van der Waals surface area (Å²) in [6, 6.07) is 86.9. The Morgan fingerprint density at radius 1 is 0.323 bits per heavy atom. The van der Waals surface area contributed by atoms with Crippen molar-refractivity contribution in [1.29, 1.82) is 0 Å². The number of thiophene rings is 1. The second kappa shape index (κ2) is 15.8. The third-order valence-electron chi connectivity index (χ3n) is 13.5. The highest BCUT2D eigenvalue weighted by Gasteiger charge is 2.37. The predicted octanol–water partition coefficient (Wildman–Crippen LogP) is 18.2. The molecule has 0 spiro atoms. The molecular weight excluding hydrogens is 803 g/mol. The van der Waals surface area contributed by atoms with Gasteiger partial charge in [-0.05, 0) is 139 Å². The molecule has 0 saturated heterocycles. The van der Waals surface area contributed by atoms with Gasteiger partial charge in [0.25, 0.3) is 0 Å². The Labute approximate surface area is 385 Å². The first-order valence-electron chi connectivity index (χ1n) is 22.5. The molecule has 0 unspecified atom stereocenters. The van der Waals surface area contributed by atoms with E-state index in [0.717, 1.165) is 17.1 Å². The lowest BCUT2D eigenvalue weighted by Crippen LogP contribution is -2.15. The lowest BCUT2D eigenvalue weighted by molar-refractivity contribution is 0.660. The SMILES string of the molecule is CC1(C)c2cc(-c3ccccc3)ccc2-c2c(-c3ccc(N(c4ccc(-c5ccccc5)cc4)c4ccc(-c5cccc6sc7ccc(-c8ccccc8)cc7c56)cc4)cc3)cccc21. The van der Waals surface area contributed by atoms with Gasteiger partial charge in [-0.3, -0.25) is 0 Å². The van der Waals surface area contributed by atoms with E-state index in [2.05, 4.69) is 255 Å². The molecule has 10 aromatic carbocycles. The highest BCUT2D eigenvalue weighted by molar-refractivity contribution is 7.26. The van der Waals surface area contributed by atoms with E-state index in [1.807, 2.05) is 11.3 Å². The summed E-state index contributed by atoms with van der Waals surface area (Å²) in [6.45, 7) is 4.74. The van der Waals surface area contributed by atoms with Gasteiger partial charge >= 0.3 is 0 Å². The van der Waals surface area contributed by atoms with Gasteiger partial charge in [0.1, 0.15) is 0 Å². The van der Waals surface area contributed by atoms with E-state index >= 15 is 0 Å². The molecule has 308 valence electrons. The van der Waals surface area contributed by atoms with Gasteiger partial charge < -0.3 is 4.90 Å². The summed E-state index contributed by atoms with van der Waals surface area (Å²) < 4.78 is 2.61. The first-order valence-corrected chi connectivity index (χ1v) is 23.3. The summed E-state index contributed by atoms with van der Waals surface area (Å²) in [7, 11) is 0. The summed E-state index contributed by atoms with van der Waals surface area (Å²) in [4.78, 5) is 2.38. The van der Waals surface area contributed by atoms with Crippen molar-refractivity contribution in [2.24, 2.45) is 0 Å². The average molecular weight is 848 g/mol. The van der Waals surface area contributed by atoms with Gasteiger partial charge in [0.2, 0.25) is 0 Å². The molecule has 0 aliphatic heterocycles. The molecule has 1 nitrogen and oxygen atoms in total. The Morgan fingerprint density at radius 2 is 0.785 bits per heavy atom. The zero-order chi connectivity index (χ0) is 43.5. The van der Waals surface area contributed by atoms with Crippen LogP contribution in [0.15, 0.2) is 237 Å². The van der Waals surface area contributed by atoms with Crippen LogP contribution in [0.4, 0.5) is 17.1 Å². The molecule has 0 amide bonds. The van der Waals surface area contributed by atoms with Crippen LogP contribution in [0.25, 0.3) is 86.9 Å². The van der Waals surface area contributed by atoms with E-state index in [1.54, 1.807) is 0 Å². The predicted molar refractivity (Wildman–Crippen MR) is 279 cm³/mol. The van der Waals surface area contributed by atoms with Crippen LogP contribution in [0.5, 0.6) is 0 Å². The standard InChI is InChI=1S/C63H45NS/c1-63(2)57-22-12-20-53(61(57)55-38-30-49(41-58(55)63)44-18-10-5-11-19-44)46-26-34-51(35-27-46)64(50-32-24-45(25-33-50)42-14-6-3-7-15-42)52-36-28-47(29-37-52)54-21-13-23-60-62(54)56-40-48(31-39-59(56)65-60)43-16-8-4-9-17-43/h3-41H,1-2H3. The van der Waals surface area contributed by atoms with Crippen molar-refractivity contribution in [3.05, 3.63) is 248 Å². The monoisotopic (exact) mass is 847 g/mol. The maximum atomic E-state index is 2.41. The van der Waals surface area contributed by atoms with Crippen molar-refractivity contribution >= 4 is 48.6 Å². The zero-order valence-electron chi connectivity index (χ0n) is 36.4. The minimum absolute atomic E-state index is 0.118. The van der Waals surface area contributed by atoms with E-state index < -0.39 is 0 Å². The summed E-state index contributed by atoms with van der Waals surface area (Å²) >= 11 is 1.87. The highest BCUT2D eigenvalue weighted by Crippen LogP contribution is 2.53. The van der Waals surface area contributed by atoms with Crippen LogP contribution >= 0.6 is 11.3 Å². The molecule has 2 heteroatoms. The Kier molecular flexibility index (Phi) is 9.44. The minimum atomic E-state index is -0.118. The molecule has 1 aliphatic carbocycles. The molecule has 12 rings (SSSR count). The van der Waals surface area contributed by atoms with E-state index in [-0.39, 0.29) is 5.41 Å². The highest BCUT2D eigenvalue weighted by atomic mass is 32.1.